The van der Waals surface area contributed by atoms with E-state index in [0.717, 1.165) is 18.4 Å². The fourth-order valence-corrected chi connectivity index (χ4v) is 5.57. The number of carbonyl (C=O) groups excluding carboxylic acids is 1. The first-order valence-corrected chi connectivity index (χ1v) is 10.5. The van der Waals surface area contributed by atoms with Gasteiger partial charge < -0.3 is 14.9 Å². The van der Waals surface area contributed by atoms with Crippen molar-refractivity contribution in [3.63, 3.8) is 0 Å². The van der Waals surface area contributed by atoms with Gasteiger partial charge in [0.15, 0.2) is 0 Å². The van der Waals surface area contributed by atoms with Gasteiger partial charge in [-0.25, -0.2) is 4.79 Å². The highest BCUT2D eigenvalue weighted by atomic mass is 16.5. The summed E-state index contributed by atoms with van der Waals surface area (Å²) in [5.74, 6) is -0.404. The Hall–Kier alpha value is -1.65. The van der Waals surface area contributed by atoms with E-state index in [1.807, 2.05) is 44.2 Å². The number of esters is 1. The molecule has 6 atom stereocenters. The topological polar surface area (TPSA) is 66.8 Å². The van der Waals surface area contributed by atoms with Crippen molar-refractivity contribution >= 4 is 12.0 Å². The highest BCUT2D eigenvalue weighted by Crippen LogP contribution is 2.57. The van der Waals surface area contributed by atoms with Crippen LogP contribution in [0.4, 0.5) is 0 Å². The predicted octanol–water partition coefficient (Wildman–Crippen LogP) is 4.21. The Morgan fingerprint density at radius 2 is 1.89 bits per heavy atom. The molecule has 2 aliphatic carbocycles. The van der Waals surface area contributed by atoms with Crippen molar-refractivity contribution < 1.29 is 19.7 Å². The number of aliphatic hydroxyl groups excluding tert-OH is 1. The molecule has 0 bridgehead atoms. The van der Waals surface area contributed by atoms with Gasteiger partial charge in [-0.15, -0.1) is 0 Å². The highest BCUT2D eigenvalue weighted by molar-refractivity contribution is 5.87. The number of fused-ring (bicyclic) bond motifs is 1. The van der Waals surface area contributed by atoms with Crippen LogP contribution in [-0.4, -0.2) is 34.0 Å². The number of hydrogen-bond acceptors (Lipinski definition) is 4. The van der Waals surface area contributed by atoms with E-state index in [9.17, 15) is 15.0 Å². The lowest BCUT2D eigenvalue weighted by Crippen LogP contribution is -2.64. The molecule has 1 aromatic carbocycles. The molecule has 0 spiro atoms. The smallest absolute Gasteiger partial charge is 0.331 e. The van der Waals surface area contributed by atoms with Crippen LogP contribution in [-0.2, 0) is 9.53 Å². The van der Waals surface area contributed by atoms with E-state index in [1.54, 1.807) is 6.08 Å². The Morgan fingerprint density at radius 1 is 1.21 bits per heavy atom. The number of hydrogen-bond donors (Lipinski definition) is 2. The second-order valence-corrected chi connectivity index (χ2v) is 9.50. The molecule has 1 aromatic rings. The highest BCUT2D eigenvalue weighted by Gasteiger charge is 2.61. The molecule has 28 heavy (non-hydrogen) atoms. The molecule has 2 N–H and O–H groups in total. The van der Waals surface area contributed by atoms with E-state index < -0.39 is 23.2 Å². The number of ether oxygens (including phenoxy) is 1. The fraction of sp³-hybridized carbons (Fsp3) is 0.625. The molecule has 2 saturated carbocycles. The van der Waals surface area contributed by atoms with Gasteiger partial charge in [0.05, 0.1) is 11.7 Å². The molecule has 2 aliphatic rings. The SMILES string of the molecule is CC(C)C1CC(O)C2(C)CCCC(C)(O)C2C1OC(=O)C=Cc1ccccc1. The maximum atomic E-state index is 12.7. The van der Waals surface area contributed by atoms with Crippen molar-refractivity contribution in [2.24, 2.45) is 23.2 Å². The third kappa shape index (κ3) is 4.04. The molecular formula is C24H34O4. The van der Waals surface area contributed by atoms with Crippen molar-refractivity contribution in [1.29, 1.82) is 0 Å². The van der Waals surface area contributed by atoms with Gasteiger partial charge in [0, 0.05) is 23.3 Å². The first kappa shape index (κ1) is 21.1. The summed E-state index contributed by atoms with van der Waals surface area (Å²) in [7, 11) is 0. The maximum Gasteiger partial charge on any atom is 0.331 e. The molecular weight excluding hydrogens is 352 g/mol. The molecule has 0 heterocycles. The normalized spacial score (nSPS) is 38.4. The van der Waals surface area contributed by atoms with Crippen LogP contribution in [0.2, 0.25) is 0 Å². The second kappa shape index (κ2) is 8.00. The molecule has 0 radical (unpaired) electrons. The van der Waals surface area contributed by atoms with Gasteiger partial charge in [0.1, 0.15) is 6.10 Å². The molecule has 6 unspecified atom stereocenters. The molecule has 0 aliphatic heterocycles. The summed E-state index contributed by atoms with van der Waals surface area (Å²) >= 11 is 0. The second-order valence-electron chi connectivity index (χ2n) is 9.50. The Morgan fingerprint density at radius 3 is 2.54 bits per heavy atom. The Kier molecular flexibility index (Phi) is 6.02. The van der Waals surface area contributed by atoms with Gasteiger partial charge in [0.25, 0.3) is 0 Å². The number of carbonyl (C=O) groups is 1. The van der Waals surface area contributed by atoms with Gasteiger partial charge in [-0.05, 0) is 50.2 Å². The number of benzene rings is 1. The molecule has 0 saturated heterocycles. The average Bonchev–Trinajstić information content (AvgIpc) is 2.62. The van der Waals surface area contributed by atoms with Gasteiger partial charge in [-0.2, -0.15) is 0 Å². The quantitative estimate of drug-likeness (QED) is 0.601. The number of aliphatic hydroxyl groups is 2. The first-order valence-electron chi connectivity index (χ1n) is 10.5. The van der Waals surface area contributed by atoms with Crippen LogP contribution in [0.1, 0.15) is 58.9 Å². The van der Waals surface area contributed by atoms with Crippen molar-refractivity contribution in [1.82, 2.24) is 0 Å². The van der Waals surface area contributed by atoms with Crippen LogP contribution in [0.3, 0.4) is 0 Å². The van der Waals surface area contributed by atoms with Crippen LogP contribution in [0.5, 0.6) is 0 Å². The zero-order valence-electron chi connectivity index (χ0n) is 17.5. The zero-order valence-corrected chi connectivity index (χ0v) is 17.5. The van der Waals surface area contributed by atoms with Crippen molar-refractivity contribution in [3.05, 3.63) is 42.0 Å². The Labute approximate surface area is 168 Å². The van der Waals surface area contributed by atoms with Crippen molar-refractivity contribution in [2.45, 2.75) is 71.2 Å². The lowest BCUT2D eigenvalue weighted by Gasteiger charge is -2.59. The van der Waals surface area contributed by atoms with E-state index in [-0.39, 0.29) is 23.7 Å². The molecule has 0 aromatic heterocycles. The standard InChI is InChI=1S/C24H34O4/c1-16(2)18-15-19(25)23(3)13-8-14-24(4,27)22(23)21(18)28-20(26)12-11-17-9-6-5-7-10-17/h5-7,9-12,16,18-19,21-22,25,27H,8,13-15H2,1-4H3. The largest absolute Gasteiger partial charge is 0.458 e. The summed E-state index contributed by atoms with van der Waals surface area (Å²) in [5.41, 5.74) is -0.468. The summed E-state index contributed by atoms with van der Waals surface area (Å²) in [4.78, 5) is 12.7. The average molecular weight is 387 g/mol. The number of rotatable bonds is 4. The van der Waals surface area contributed by atoms with E-state index in [1.165, 1.54) is 6.08 Å². The monoisotopic (exact) mass is 386 g/mol. The predicted molar refractivity (Wildman–Crippen MR) is 110 cm³/mol. The van der Waals surface area contributed by atoms with E-state index in [2.05, 4.69) is 13.8 Å². The summed E-state index contributed by atoms with van der Waals surface area (Å²) in [6, 6.07) is 9.64. The minimum Gasteiger partial charge on any atom is -0.458 e. The minimum atomic E-state index is -0.963. The van der Waals surface area contributed by atoms with Crippen LogP contribution in [0, 0.1) is 23.2 Å². The molecule has 154 valence electrons. The van der Waals surface area contributed by atoms with Crippen molar-refractivity contribution in [2.75, 3.05) is 0 Å². The first-order chi connectivity index (χ1) is 13.1. The van der Waals surface area contributed by atoms with Gasteiger partial charge in [-0.1, -0.05) is 51.1 Å². The minimum absolute atomic E-state index is 0.0201. The van der Waals surface area contributed by atoms with Gasteiger partial charge in [0.2, 0.25) is 0 Å². The van der Waals surface area contributed by atoms with E-state index in [0.29, 0.717) is 12.8 Å². The molecule has 4 nitrogen and oxygen atoms in total. The Balaban J connectivity index is 1.87. The van der Waals surface area contributed by atoms with Crippen LogP contribution < -0.4 is 0 Å². The van der Waals surface area contributed by atoms with Crippen LogP contribution in [0.15, 0.2) is 36.4 Å². The summed E-state index contributed by atoms with van der Waals surface area (Å²) in [6.45, 7) is 8.08. The molecule has 0 amide bonds. The van der Waals surface area contributed by atoms with Crippen LogP contribution >= 0.6 is 0 Å². The summed E-state index contributed by atoms with van der Waals surface area (Å²) in [5, 5.41) is 22.2. The lowest BCUT2D eigenvalue weighted by atomic mass is 9.50. The van der Waals surface area contributed by atoms with Crippen LogP contribution in [0.25, 0.3) is 6.08 Å². The Bertz CT molecular complexity index is 709. The molecule has 2 fully saturated rings. The fourth-order valence-electron chi connectivity index (χ4n) is 5.57. The summed E-state index contributed by atoms with van der Waals surface area (Å²) in [6.07, 6.45) is 5.30. The van der Waals surface area contributed by atoms with Crippen molar-refractivity contribution in [3.8, 4) is 0 Å². The molecule has 3 rings (SSSR count). The third-order valence-corrected chi connectivity index (χ3v) is 7.11. The maximum absolute atomic E-state index is 12.7. The summed E-state index contributed by atoms with van der Waals surface area (Å²) < 4.78 is 6.01. The van der Waals surface area contributed by atoms with Gasteiger partial charge >= 0.3 is 5.97 Å². The van der Waals surface area contributed by atoms with E-state index in [4.69, 9.17) is 4.74 Å². The lowest BCUT2D eigenvalue weighted by molar-refractivity contribution is -0.230. The zero-order chi connectivity index (χ0) is 20.5. The molecule has 4 heteroatoms. The van der Waals surface area contributed by atoms with E-state index >= 15 is 0 Å². The third-order valence-electron chi connectivity index (χ3n) is 7.11. The van der Waals surface area contributed by atoms with Gasteiger partial charge in [-0.3, -0.25) is 0 Å².